The quantitative estimate of drug-likeness (QED) is 0.874. The molecule has 1 amide bonds. The lowest BCUT2D eigenvalue weighted by molar-refractivity contribution is 0.0934. The zero-order valence-corrected chi connectivity index (χ0v) is 14.1. The predicted molar refractivity (Wildman–Crippen MR) is 88.6 cm³/mol. The standard InChI is InChI=1S/C16H19N3O4S/c1-12-4-2-3-5-15(12)23-11-19-8-6-14(18-19)16(20)17-13-7-9-24(21,22)10-13/h2-6,8,13H,7,9-11H2,1H3,(H,17,20). The first-order chi connectivity index (χ1) is 11.4. The van der Waals surface area contributed by atoms with Crippen molar-refractivity contribution in [2.75, 3.05) is 11.5 Å². The molecule has 3 rings (SSSR count). The number of ether oxygens (including phenoxy) is 1. The summed E-state index contributed by atoms with van der Waals surface area (Å²) in [6.45, 7) is 2.14. The van der Waals surface area contributed by atoms with Crippen molar-refractivity contribution in [2.24, 2.45) is 0 Å². The zero-order chi connectivity index (χ0) is 17.2. The molecule has 2 heterocycles. The van der Waals surface area contributed by atoms with Crippen molar-refractivity contribution in [3.63, 3.8) is 0 Å². The molecule has 24 heavy (non-hydrogen) atoms. The second-order valence-electron chi connectivity index (χ2n) is 5.85. The van der Waals surface area contributed by atoms with Crippen LogP contribution in [0.5, 0.6) is 5.75 Å². The average molecular weight is 349 g/mol. The van der Waals surface area contributed by atoms with Gasteiger partial charge < -0.3 is 10.1 Å². The van der Waals surface area contributed by atoms with Crippen LogP contribution in [0.1, 0.15) is 22.5 Å². The number of hydrogen-bond donors (Lipinski definition) is 1. The Morgan fingerprint density at radius 3 is 2.88 bits per heavy atom. The van der Waals surface area contributed by atoms with Crippen LogP contribution >= 0.6 is 0 Å². The summed E-state index contributed by atoms with van der Waals surface area (Å²) in [4.78, 5) is 12.1. The number of nitrogens with one attached hydrogen (secondary N) is 1. The van der Waals surface area contributed by atoms with Gasteiger partial charge in [0.15, 0.2) is 16.6 Å². The topological polar surface area (TPSA) is 90.3 Å². The molecule has 1 aliphatic heterocycles. The second-order valence-corrected chi connectivity index (χ2v) is 8.08. The van der Waals surface area contributed by atoms with Gasteiger partial charge in [0, 0.05) is 12.2 Å². The van der Waals surface area contributed by atoms with Gasteiger partial charge in [-0.05, 0) is 31.0 Å². The largest absolute Gasteiger partial charge is 0.471 e. The van der Waals surface area contributed by atoms with Crippen LogP contribution in [0.3, 0.4) is 0 Å². The van der Waals surface area contributed by atoms with Crippen LogP contribution in [0.15, 0.2) is 36.5 Å². The third-order valence-electron chi connectivity index (χ3n) is 3.89. The summed E-state index contributed by atoms with van der Waals surface area (Å²) in [6, 6.07) is 8.89. The summed E-state index contributed by atoms with van der Waals surface area (Å²) in [7, 11) is -3.02. The van der Waals surface area contributed by atoms with Gasteiger partial charge in [-0.25, -0.2) is 13.1 Å². The van der Waals surface area contributed by atoms with Crippen molar-refractivity contribution in [1.82, 2.24) is 15.1 Å². The molecule has 1 saturated heterocycles. The van der Waals surface area contributed by atoms with Crippen LogP contribution in [0.2, 0.25) is 0 Å². The average Bonchev–Trinajstić information content (AvgIpc) is 3.13. The van der Waals surface area contributed by atoms with E-state index in [1.165, 1.54) is 4.68 Å². The zero-order valence-electron chi connectivity index (χ0n) is 13.3. The lowest BCUT2D eigenvalue weighted by Crippen LogP contribution is -2.35. The number of amides is 1. The van der Waals surface area contributed by atoms with E-state index in [1.807, 2.05) is 31.2 Å². The van der Waals surface area contributed by atoms with E-state index in [9.17, 15) is 13.2 Å². The fraction of sp³-hybridized carbons (Fsp3) is 0.375. The number of nitrogens with zero attached hydrogens (tertiary/aromatic N) is 2. The van der Waals surface area contributed by atoms with E-state index in [4.69, 9.17) is 4.74 Å². The minimum Gasteiger partial charge on any atom is -0.471 e. The van der Waals surface area contributed by atoms with Crippen LogP contribution in [-0.2, 0) is 16.6 Å². The van der Waals surface area contributed by atoms with E-state index in [2.05, 4.69) is 10.4 Å². The van der Waals surface area contributed by atoms with Crippen molar-refractivity contribution in [3.8, 4) is 5.75 Å². The Bertz CT molecular complexity index is 845. The molecule has 0 radical (unpaired) electrons. The molecule has 1 unspecified atom stereocenters. The number of benzene rings is 1. The number of rotatable bonds is 5. The van der Waals surface area contributed by atoms with Crippen molar-refractivity contribution < 1.29 is 17.9 Å². The van der Waals surface area contributed by atoms with Gasteiger partial charge in [0.05, 0.1) is 11.5 Å². The van der Waals surface area contributed by atoms with Crippen LogP contribution in [0.4, 0.5) is 0 Å². The second kappa shape index (κ2) is 6.64. The Hall–Kier alpha value is -2.35. The van der Waals surface area contributed by atoms with E-state index in [0.29, 0.717) is 6.42 Å². The normalized spacial score (nSPS) is 19.1. The van der Waals surface area contributed by atoms with Gasteiger partial charge >= 0.3 is 0 Å². The molecule has 0 aliphatic carbocycles. The molecule has 7 nitrogen and oxygen atoms in total. The predicted octanol–water partition coefficient (Wildman–Crippen LogP) is 1.14. The molecule has 1 aromatic heterocycles. The molecule has 1 aliphatic rings. The van der Waals surface area contributed by atoms with Crippen molar-refractivity contribution in [1.29, 1.82) is 0 Å². The van der Waals surface area contributed by atoms with Crippen LogP contribution < -0.4 is 10.1 Å². The van der Waals surface area contributed by atoms with E-state index < -0.39 is 9.84 Å². The lowest BCUT2D eigenvalue weighted by Gasteiger charge is -2.09. The summed E-state index contributed by atoms with van der Waals surface area (Å²) < 4.78 is 30.0. The number of sulfone groups is 1. The molecule has 1 N–H and O–H groups in total. The smallest absolute Gasteiger partial charge is 0.272 e. The molecular weight excluding hydrogens is 330 g/mol. The highest BCUT2D eigenvalue weighted by Crippen LogP contribution is 2.16. The molecule has 0 spiro atoms. The summed E-state index contributed by atoms with van der Waals surface area (Å²) in [6.07, 6.45) is 2.10. The van der Waals surface area contributed by atoms with Gasteiger partial charge in [0.1, 0.15) is 11.4 Å². The fourth-order valence-corrected chi connectivity index (χ4v) is 4.25. The summed E-state index contributed by atoms with van der Waals surface area (Å²) in [5, 5.41) is 6.88. The lowest BCUT2D eigenvalue weighted by atomic mass is 10.2. The van der Waals surface area contributed by atoms with E-state index in [1.54, 1.807) is 12.3 Å². The number of aromatic nitrogens is 2. The molecular formula is C16H19N3O4S. The van der Waals surface area contributed by atoms with Crippen molar-refractivity contribution in [2.45, 2.75) is 26.1 Å². The molecule has 1 fully saturated rings. The first-order valence-corrected chi connectivity index (χ1v) is 9.48. The molecule has 128 valence electrons. The molecule has 0 saturated carbocycles. The summed E-state index contributed by atoms with van der Waals surface area (Å²) in [5.41, 5.74) is 1.26. The third-order valence-corrected chi connectivity index (χ3v) is 5.65. The fourth-order valence-electron chi connectivity index (χ4n) is 2.58. The van der Waals surface area contributed by atoms with E-state index >= 15 is 0 Å². The van der Waals surface area contributed by atoms with Gasteiger partial charge in [-0.15, -0.1) is 0 Å². The molecule has 8 heteroatoms. The maximum Gasteiger partial charge on any atom is 0.272 e. The highest BCUT2D eigenvalue weighted by atomic mass is 32.2. The number of hydrogen-bond acceptors (Lipinski definition) is 5. The van der Waals surface area contributed by atoms with Gasteiger partial charge in [0.2, 0.25) is 0 Å². The molecule has 2 aromatic rings. The van der Waals surface area contributed by atoms with Crippen LogP contribution in [0, 0.1) is 6.92 Å². The summed E-state index contributed by atoms with van der Waals surface area (Å²) >= 11 is 0. The number of para-hydroxylation sites is 1. The monoisotopic (exact) mass is 349 g/mol. The first-order valence-electron chi connectivity index (χ1n) is 7.66. The number of carbonyl (C=O) groups is 1. The van der Waals surface area contributed by atoms with E-state index in [-0.39, 0.29) is 35.9 Å². The minimum atomic E-state index is -3.02. The van der Waals surface area contributed by atoms with Gasteiger partial charge in [-0.1, -0.05) is 18.2 Å². The minimum absolute atomic E-state index is 0.00412. The van der Waals surface area contributed by atoms with Gasteiger partial charge in [0.25, 0.3) is 5.91 Å². The Kier molecular flexibility index (Phi) is 4.57. The Labute approximate surface area is 140 Å². The first kappa shape index (κ1) is 16.5. The maximum absolute atomic E-state index is 12.1. The summed E-state index contributed by atoms with van der Waals surface area (Å²) in [5.74, 6) is 0.508. The van der Waals surface area contributed by atoms with E-state index in [0.717, 1.165) is 11.3 Å². The highest BCUT2D eigenvalue weighted by Gasteiger charge is 2.29. The Morgan fingerprint density at radius 2 is 2.17 bits per heavy atom. The number of carbonyl (C=O) groups excluding carboxylic acids is 1. The third kappa shape index (κ3) is 3.94. The van der Waals surface area contributed by atoms with Gasteiger partial charge in [-0.3, -0.25) is 4.79 Å². The van der Waals surface area contributed by atoms with Crippen molar-refractivity contribution in [3.05, 3.63) is 47.8 Å². The van der Waals surface area contributed by atoms with Crippen molar-refractivity contribution >= 4 is 15.7 Å². The van der Waals surface area contributed by atoms with Crippen LogP contribution in [0.25, 0.3) is 0 Å². The maximum atomic E-state index is 12.1. The molecule has 1 aromatic carbocycles. The van der Waals surface area contributed by atoms with Crippen LogP contribution in [-0.4, -0.2) is 41.7 Å². The Morgan fingerprint density at radius 1 is 1.38 bits per heavy atom. The van der Waals surface area contributed by atoms with Gasteiger partial charge in [-0.2, -0.15) is 5.10 Å². The number of aryl methyl sites for hydroxylation is 1. The SMILES string of the molecule is Cc1ccccc1OCn1ccc(C(=O)NC2CCS(=O)(=O)C2)n1. The Balaban J connectivity index is 1.57. The molecule has 0 bridgehead atoms. The highest BCUT2D eigenvalue weighted by molar-refractivity contribution is 7.91. The molecule has 1 atom stereocenters.